The molecule has 1 fully saturated rings. The van der Waals surface area contributed by atoms with E-state index in [-0.39, 0.29) is 0 Å². The molecule has 2 rings (SSSR count). The fraction of sp³-hybridized carbons (Fsp3) is 0.600. The van der Waals surface area contributed by atoms with Crippen molar-refractivity contribution in [3.05, 3.63) is 24.3 Å². The van der Waals surface area contributed by atoms with E-state index in [9.17, 15) is 8.42 Å². The van der Waals surface area contributed by atoms with E-state index in [4.69, 9.17) is 0 Å². The molecule has 0 saturated heterocycles. The number of benzene rings is 1. The largest absolute Gasteiger partial charge is 0.384 e. The summed E-state index contributed by atoms with van der Waals surface area (Å²) in [4.78, 5) is 2.65. The van der Waals surface area contributed by atoms with Gasteiger partial charge in [0.1, 0.15) is 4.90 Å². The van der Waals surface area contributed by atoms with Gasteiger partial charge in [-0.1, -0.05) is 19.1 Å². The quantitative estimate of drug-likeness (QED) is 0.731. The third-order valence-corrected chi connectivity index (χ3v) is 5.22. The van der Waals surface area contributed by atoms with Crippen LogP contribution in [0.1, 0.15) is 26.7 Å². The number of nitrogens with one attached hydrogen (secondary N) is 2. The Kier molecular flexibility index (Phi) is 5.61. The lowest BCUT2D eigenvalue weighted by molar-refractivity contribution is 0.282. The lowest BCUT2D eigenvalue weighted by Crippen LogP contribution is -2.36. The van der Waals surface area contributed by atoms with Crippen LogP contribution < -0.4 is 10.0 Å². The molecule has 0 heterocycles. The summed E-state index contributed by atoms with van der Waals surface area (Å²) in [5.41, 5.74) is 0.655. The van der Waals surface area contributed by atoms with E-state index in [0.717, 1.165) is 13.1 Å². The molecule has 1 saturated carbocycles. The summed E-state index contributed by atoms with van der Waals surface area (Å²) in [6.45, 7) is 6.95. The van der Waals surface area contributed by atoms with Gasteiger partial charge in [-0.05, 0) is 38.4 Å². The van der Waals surface area contributed by atoms with Crippen LogP contribution in [0.5, 0.6) is 0 Å². The summed E-state index contributed by atoms with van der Waals surface area (Å²) >= 11 is 0. The molecule has 5 nitrogen and oxygen atoms in total. The first-order valence-corrected chi connectivity index (χ1v) is 9.13. The molecule has 0 spiro atoms. The molecule has 0 radical (unpaired) electrons. The van der Waals surface area contributed by atoms with E-state index < -0.39 is 10.0 Å². The van der Waals surface area contributed by atoms with Crippen LogP contribution in [0.2, 0.25) is 0 Å². The predicted octanol–water partition coefficient (Wildman–Crippen LogP) is 1.88. The number of nitrogens with zero attached hydrogens (tertiary/aromatic N) is 1. The fourth-order valence-corrected chi connectivity index (χ4v) is 3.68. The van der Waals surface area contributed by atoms with Crippen molar-refractivity contribution in [3.63, 3.8) is 0 Å². The Morgan fingerprint density at radius 3 is 2.57 bits per heavy atom. The minimum atomic E-state index is -3.46. The molecule has 1 aromatic carbocycles. The highest BCUT2D eigenvalue weighted by atomic mass is 32.2. The number of hydrogen-bond acceptors (Lipinski definition) is 4. The van der Waals surface area contributed by atoms with Crippen LogP contribution in [-0.2, 0) is 10.0 Å². The average Bonchev–Trinajstić information content (AvgIpc) is 3.29. The first-order chi connectivity index (χ1) is 10.1. The lowest BCUT2D eigenvalue weighted by Gasteiger charge is -2.20. The van der Waals surface area contributed by atoms with Gasteiger partial charge in [0.05, 0.1) is 5.69 Å². The number of hydrogen-bond donors (Lipinski definition) is 2. The van der Waals surface area contributed by atoms with E-state index in [2.05, 4.69) is 21.9 Å². The molecule has 0 unspecified atom stereocenters. The molecule has 0 atom stereocenters. The van der Waals surface area contributed by atoms with Gasteiger partial charge in [-0.2, -0.15) is 0 Å². The van der Waals surface area contributed by atoms with Crippen LogP contribution in [0.4, 0.5) is 5.69 Å². The van der Waals surface area contributed by atoms with Crippen molar-refractivity contribution >= 4 is 15.7 Å². The van der Waals surface area contributed by atoms with Gasteiger partial charge >= 0.3 is 0 Å². The Balaban J connectivity index is 1.97. The maximum absolute atomic E-state index is 12.4. The molecule has 0 amide bonds. The van der Waals surface area contributed by atoms with E-state index in [1.807, 2.05) is 13.0 Å². The van der Waals surface area contributed by atoms with Gasteiger partial charge < -0.3 is 5.32 Å². The van der Waals surface area contributed by atoms with Crippen LogP contribution >= 0.6 is 0 Å². The second-order valence-electron chi connectivity index (χ2n) is 5.28. The van der Waals surface area contributed by atoms with Crippen LogP contribution in [0, 0.1) is 0 Å². The Labute approximate surface area is 127 Å². The van der Waals surface area contributed by atoms with Gasteiger partial charge in [-0.15, -0.1) is 0 Å². The van der Waals surface area contributed by atoms with Crippen LogP contribution in [0.25, 0.3) is 0 Å². The summed E-state index contributed by atoms with van der Waals surface area (Å²) in [7, 11) is -3.46. The zero-order valence-electron chi connectivity index (χ0n) is 12.8. The van der Waals surface area contributed by atoms with Gasteiger partial charge in [-0.25, -0.2) is 13.1 Å². The second-order valence-corrected chi connectivity index (χ2v) is 7.02. The van der Waals surface area contributed by atoms with Gasteiger partial charge in [0, 0.05) is 25.7 Å². The molecule has 1 aliphatic carbocycles. The summed E-state index contributed by atoms with van der Waals surface area (Å²) in [5, 5.41) is 3.09. The summed E-state index contributed by atoms with van der Waals surface area (Å²) in [6, 6.07) is 7.67. The van der Waals surface area contributed by atoms with Crippen LogP contribution in [0.15, 0.2) is 29.2 Å². The van der Waals surface area contributed by atoms with Crippen LogP contribution in [0.3, 0.4) is 0 Å². The molecular weight excluding hydrogens is 286 g/mol. The monoisotopic (exact) mass is 311 g/mol. The molecule has 21 heavy (non-hydrogen) atoms. The highest BCUT2D eigenvalue weighted by molar-refractivity contribution is 7.89. The minimum absolute atomic E-state index is 0.321. The topological polar surface area (TPSA) is 61.4 Å². The van der Waals surface area contributed by atoms with Crippen molar-refractivity contribution in [2.45, 2.75) is 37.6 Å². The maximum atomic E-state index is 12.4. The summed E-state index contributed by atoms with van der Waals surface area (Å²) < 4.78 is 27.5. The van der Waals surface area contributed by atoms with Gasteiger partial charge in [0.2, 0.25) is 10.0 Å². The molecule has 0 aliphatic heterocycles. The lowest BCUT2D eigenvalue weighted by atomic mass is 10.3. The van der Waals surface area contributed by atoms with Gasteiger partial charge in [0.15, 0.2) is 0 Å². The first-order valence-electron chi connectivity index (χ1n) is 7.65. The van der Waals surface area contributed by atoms with Crippen molar-refractivity contribution < 1.29 is 8.42 Å². The number of likely N-dealkylation sites (N-methyl/N-ethyl adjacent to an activating group) is 1. The molecule has 0 aromatic heterocycles. The highest BCUT2D eigenvalue weighted by Crippen LogP contribution is 2.26. The smallest absolute Gasteiger partial charge is 0.242 e. The van der Waals surface area contributed by atoms with E-state index in [1.54, 1.807) is 18.2 Å². The van der Waals surface area contributed by atoms with E-state index in [0.29, 0.717) is 29.7 Å². The van der Waals surface area contributed by atoms with Crippen molar-refractivity contribution in [3.8, 4) is 0 Å². The van der Waals surface area contributed by atoms with E-state index in [1.165, 1.54) is 12.8 Å². The van der Waals surface area contributed by atoms with Gasteiger partial charge in [-0.3, -0.25) is 4.90 Å². The minimum Gasteiger partial charge on any atom is -0.384 e. The predicted molar refractivity (Wildman–Crippen MR) is 86.1 cm³/mol. The summed E-state index contributed by atoms with van der Waals surface area (Å²) in [6.07, 6.45) is 2.48. The van der Waals surface area contributed by atoms with Crippen molar-refractivity contribution in [1.82, 2.24) is 9.62 Å². The third kappa shape index (κ3) is 4.43. The maximum Gasteiger partial charge on any atom is 0.242 e. The number of rotatable bonds is 9. The molecule has 118 valence electrons. The Morgan fingerprint density at radius 2 is 1.95 bits per heavy atom. The SMILES string of the molecule is CCNc1ccccc1S(=O)(=O)NCCN(CC)C1CC1. The molecular formula is C15H25N3O2S. The number of sulfonamides is 1. The Bertz CT molecular complexity index is 556. The number of anilines is 1. The van der Waals surface area contributed by atoms with Crippen molar-refractivity contribution in [1.29, 1.82) is 0 Å². The fourth-order valence-electron chi connectivity index (χ4n) is 2.48. The molecule has 6 heteroatoms. The summed E-state index contributed by atoms with van der Waals surface area (Å²) in [5.74, 6) is 0. The van der Waals surface area contributed by atoms with Crippen molar-refractivity contribution in [2.75, 3.05) is 31.5 Å². The molecule has 1 aliphatic rings. The Hall–Kier alpha value is -1.11. The third-order valence-electron chi connectivity index (χ3n) is 3.70. The zero-order valence-corrected chi connectivity index (χ0v) is 13.6. The van der Waals surface area contributed by atoms with E-state index >= 15 is 0 Å². The van der Waals surface area contributed by atoms with Crippen LogP contribution in [-0.4, -0.2) is 45.5 Å². The first kappa shape index (κ1) is 16.3. The average molecular weight is 311 g/mol. The Morgan fingerprint density at radius 1 is 1.24 bits per heavy atom. The zero-order chi connectivity index (χ0) is 15.3. The molecule has 0 bridgehead atoms. The highest BCUT2D eigenvalue weighted by Gasteiger charge is 2.27. The molecule has 1 aromatic rings. The second kappa shape index (κ2) is 7.24. The van der Waals surface area contributed by atoms with Gasteiger partial charge in [0.25, 0.3) is 0 Å². The van der Waals surface area contributed by atoms with Crippen molar-refractivity contribution in [2.24, 2.45) is 0 Å². The number of para-hydroxylation sites is 1. The molecule has 2 N–H and O–H groups in total. The normalized spacial score (nSPS) is 15.4. The standard InChI is InChI=1S/C15H25N3O2S/c1-3-16-14-7-5-6-8-15(14)21(19,20)17-11-12-18(4-2)13-9-10-13/h5-8,13,16-17H,3-4,9-12H2,1-2H3.